The molecule has 1 aromatic carbocycles. The van der Waals surface area contributed by atoms with E-state index in [1.165, 1.54) is 0 Å². The lowest BCUT2D eigenvalue weighted by Crippen LogP contribution is -1.95. The second-order valence-electron chi connectivity index (χ2n) is 1.77. The van der Waals surface area contributed by atoms with Crippen molar-refractivity contribution in [3.05, 3.63) is 30.3 Å². The van der Waals surface area contributed by atoms with Gasteiger partial charge in [-0.1, -0.05) is 18.2 Å². The van der Waals surface area contributed by atoms with Gasteiger partial charge in [-0.25, -0.2) is 0 Å². The van der Waals surface area contributed by atoms with E-state index in [0.717, 1.165) is 4.90 Å². The quantitative estimate of drug-likeness (QED) is 0.541. The summed E-state index contributed by atoms with van der Waals surface area (Å²) in [5.74, 6) is 0. The summed E-state index contributed by atoms with van der Waals surface area (Å²) in [5, 5.41) is 0. The Morgan fingerprint density at radius 2 is 1.78 bits per heavy atom. The molecule has 1 nitrogen and oxygen atoms in total. The molecule has 0 fully saturated rings. The van der Waals surface area contributed by atoms with E-state index in [0.29, 0.717) is 0 Å². The largest absolute Gasteiger partial charge is 0.612 e. The van der Waals surface area contributed by atoms with E-state index in [1.807, 2.05) is 30.3 Å². The van der Waals surface area contributed by atoms with E-state index in [1.54, 1.807) is 6.26 Å². The van der Waals surface area contributed by atoms with E-state index in [-0.39, 0.29) is 0 Å². The summed E-state index contributed by atoms with van der Waals surface area (Å²) in [6.45, 7) is 0. The van der Waals surface area contributed by atoms with Crippen LogP contribution in [-0.4, -0.2) is 10.8 Å². The van der Waals surface area contributed by atoms with E-state index in [4.69, 9.17) is 0 Å². The number of hydrogen-bond acceptors (Lipinski definition) is 1. The van der Waals surface area contributed by atoms with Gasteiger partial charge in [-0.2, -0.15) is 0 Å². The molecule has 9 heavy (non-hydrogen) atoms. The standard InChI is InChI=1S/C7H8OS/c1-9(8)7-5-3-2-4-6-7/h2-6H,1H3/t9-/m1/s1. The van der Waals surface area contributed by atoms with E-state index < -0.39 is 11.2 Å². The van der Waals surface area contributed by atoms with Gasteiger partial charge in [-0.15, -0.1) is 0 Å². The summed E-state index contributed by atoms with van der Waals surface area (Å²) in [6, 6.07) is 9.40. The first kappa shape index (κ1) is 6.65. The van der Waals surface area contributed by atoms with E-state index >= 15 is 0 Å². The Morgan fingerprint density at radius 1 is 1.22 bits per heavy atom. The third-order valence-corrected chi connectivity index (χ3v) is 2.01. The van der Waals surface area contributed by atoms with Crippen LogP contribution in [0.25, 0.3) is 0 Å². The van der Waals surface area contributed by atoms with Crippen molar-refractivity contribution in [1.29, 1.82) is 0 Å². The van der Waals surface area contributed by atoms with Gasteiger partial charge in [0.15, 0.2) is 4.90 Å². The molecule has 0 bridgehead atoms. The first-order chi connectivity index (χ1) is 4.30. The maximum atomic E-state index is 10.8. The Bertz CT molecular complexity index is 172. The average Bonchev–Trinajstić information content (AvgIpc) is 1.90. The molecule has 0 unspecified atom stereocenters. The summed E-state index contributed by atoms with van der Waals surface area (Å²) in [6.07, 6.45) is 1.68. The summed E-state index contributed by atoms with van der Waals surface area (Å²) in [4.78, 5) is 0.887. The molecule has 0 N–H and O–H groups in total. The topological polar surface area (TPSA) is 23.1 Å². The van der Waals surface area contributed by atoms with Gasteiger partial charge in [0.05, 0.1) is 0 Å². The van der Waals surface area contributed by atoms with Crippen molar-refractivity contribution in [2.45, 2.75) is 4.90 Å². The zero-order chi connectivity index (χ0) is 6.69. The Hall–Kier alpha value is -0.470. The highest BCUT2D eigenvalue weighted by atomic mass is 32.2. The second-order valence-corrected chi connectivity index (χ2v) is 3.15. The monoisotopic (exact) mass is 140 g/mol. The molecule has 0 saturated heterocycles. The average molecular weight is 140 g/mol. The van der Waals surface area contributed by atoms with Crippen LogP contribution in [0.5, 0.6) is 0 Å². The predicted molar refractivity (Wildman–Crippen MR) is 38.8 cm³/mol. The molecule has 0 amide bonds. The van der Waals surface area contributed by atoms with Gasteiger partial charge >= 0.3 is 0 Å². The van der Waals surface area contributed by atoms with Crippen LogP contribution in [0.15, 0.2) is 35.2 Å². The maximum absolute atomic E-state index is 10.8. The third kappa shape index (κ3) is 1.73. The molecule has 1 aromatic rings. The minimum Gasteiger partial charge on any atom is -0.612 e. The Balaban J connectivity index is 2.85. The molecule has 1 atom stereocenters. The van der Waals surface area contributed by atoms with Gasteiger partial charge in [0.2, 0.25) is 0 Å². The summed E-state index contributed by atoms with van der Waals surface area (Å²) in [7, 11) is 0. The molecule has 0 aliphatic rings. The van der Waals surface area contributed by atoms with Crippen molar-refractivity contribution in [3.63, 3.8) is 0 Å². The summed E-state index contributed by atoms with van der Waals surface area (Å²) in [5.41, 5.74) is 0. The normalized spacial score (nSPS) is 13.1. The maximum Gasteiger partial charge on any atom is 0.152 e. The molecule has 0 aliphatic carbocycles. The minimum absolute atomic E-state index is 0.829. The van der Waals surface area contributed by atoms with Crippen LogP contribution in [0.1, 0.15) is 0 Å². The lowest BCUT2D eigenvalue weighted by molar-refractivity contribution is 0.601. The molecule has 0 spiro atoms. The zero-order valence-corrected chi connectivity index (χ0v) is 6.02. The van der Waals surface area contributed by atoms with Crippen LogP contribution in [0.2, 0.25) is 0 Å². The Morgan fingerprint density at radius 3 is 2.11 bits per heavy atom. The van der Waals surface area contributed by atoms with Crippen LogP contribution in [-0.2, 0) is 11.2 Å². The number of rotatable bonds is 1. The number of hydrogen-bond donors (Lipinski definition) is 0. The van der Waals surface area contributed by atoms with Crippen molar-refractivity contribution in [1.82, 2.24) is 0 Å². The smallest absolute Gasteiger partial charge is 0.152 e. The van der Waals surface area contributed by atoms with Crippen LogP contribution in [0.3, 0.4) is 0 Å². The SMILES string of the molecule is C[S@@+]([O-])c1ccccc1. The van der Waals surface area contributed by atoms with Gasteiger partial charge in [0.1, 0.15) is 6.26 Å². The molecule has 48 valence electrons. The Kier molecular flexibility index (Phi) is 2.14. The molecule has 0 saturated carbocycles. The van der Waals surface area contributed by atoms with E-state index in [2.05, 4.69) is 0 Å². The zero-order valence-electron chi connectivity index (χ0n) is 5.20. The summed E-state index contributed by atoms with van der Waals surface area (Å²) < 4.78 is 10.8. The van der Waals surface area contributed by atoms with Gasteiger partial charge in [0.25, 0.3) is 0 Å². The fourth-order valence-electron chi connectivity index (χ4n) is 0.612. The van der Waals surface area contributed by atoms with Gasteiger partial charge < -0.3 is 4.55 Å². The van der Waals surface area contributed by atoms with Crippen LogP contribution >= 0.6 is 0 Å². The third-order valence-electron chi connectivity index (χ3n) is 1.08. The van der Waals surface area contributed by atoms with Crippen molar-refractivity contribution in [2.24, 2.45) is 0 Å². The Labute approximate surface area is 57.9 Å². The molecule has 0 heterocycles. The fraction of sp³-hybridized carbons (Fsp3) is 0.143. The molecule has 0 radical (unpaired) electrons. The van der Waals surface area contributed by atoms with Gasteiger partial charge in [-0.3, -0.25) is 0 Å². The highest BCUT2D eigenvalue weighted by molar-refractivity contribution is 7.90. The van der Waals surface area contributed by atoms with Crippen LogP contribution < -0.4 is 0 Å². The molecule has 0 aromatic heterocycles. The number of benzene rings is 1. The van der Waals surface area contributed by atoms with Crippen LogP contribution in [0, 0.1) is 0 Å². The molecular weight excluding hydrogens is 132 g/mol. The lowest BCUT2D eigenvalue weighted by Gasteiger charge is -2.01. The first-order valence-electron chi connectivity index (χ1n) is 2.69. The van der Waals surface area contributed by atoms with Crippen molar-refractivity contribution in [2.75, 3.05) is 6.26 Å². The van der Waals surface area contributed by atoms with Crippen LogP contribution in [0.4, 0.5) is 0 Å². The summed E-state index contributed by atoms with van der Waals surface area (Å²) >= 11 is -0.829. The first-order valence-corrected chi connectivity index (χ1v) is 4.25. The molecule has 2 heteroatoms. The van der Waals surface area contributed by atoms with Gasteiger partial charge in [-0.05, 0) is 23.3 Å². The highest BCUT2D eigenvalue weighted by Gasteiger charge is 1.98. The van der Waals surface area contributed by atoms with Crippen molar-refractivity contribution >= 4 is 11.2 Å². The fourth-order valence-corrected chi connectivity index (χ4v) is 1.15. The lowest BCUT2D eigenvalue weighted by atomic mass is 10.4. The van der Waals surface area contributed by atoms with E-state index in [9.17, 15) is 4.55 Å². The molecule has 1 rings (SSSR count). The van der Waals surface area contributed by atoms with Gasteiger partial charge in [0, 0.05) is 0 Å². The molecular formula is C7H8OS. The van der Waals surface area contributed by atoms with Crippen molar-refractivity contribution < 1.29 is 4.55 Å². The predicted octanol–water partition coefficient (Wildman–Crippen LogP) is 1.42. The second kappa shape index (κ2) is 2.90. The highest BCUT2D eigenvalue weighted by Crippen LogP contribution is 2.05. The van der Waals surface area contributed by atoms with Crippen molar-refractivity contribution in [3.8, 4) is 0 Å². The molecule has 0 aliphatic heterocycles. The minimum atomic E-state index is -0.829.